The van der Waals surface area contributed by atoms with Gasteiger partial charge in [0.2, 0.25) is 0 Å². The summed E-state index contributed by atoms with van der Waals surface area (Å²) in [6.07, 6.45) is 0. The first kappa shape index (κ1) is 73.1. The smallest absolute Gasteiger partial charge is 0.180 e. The summed E-state index contributed by atoms with van der Waals surface area (Å²) in [5.74, 6) is -0.214. The molecule has 0 aliphatic carbocycles. The second-order valence-corrected chi connectivity index (χ2v) is 38.2. The molecule has 0 amide bonds. The number of benzene rings is 19. The fourth-order valence-corrected chi connectivity index (χ4v) is 28.7. The third-order valence-electron chi connectivity index (χ3n) is 24.0. The normalized spacial score (nSPS) is 12.4. The Morgan fingerprint density at radius 3 is 0.521 bits per heavy atom. The van der Waals surface area contributed by atoms with Gasteiger partial charge < -0.3 is 9.80 Å². The summed E-state index contributed by atoms with van der Waals surface area (Å²) in [5.41, 5.74) is 28.0. The largest absolute Gasteiger partial charge is 0.311 e. The van der Waals surface area contributed by atoms with E-state index < -0.39 is 16.1 Å². The average Bonchev–Trinajstić information content (AvgIpc) is 1.54. The number of nitrogens with zero attached hydrogens (tertiary/aromatic N) is 2. The van der Waals surface area contributed by atoms with E-state index in [9.17, 15) is 0 Å². The van der Waals surface area contributed by atoms with Crippen LogP contribution in [0.5, 0.6) is 0 Å². The van der Waals surface area contributed by atoms with Crippen LogP contribution in [0, 0.1) is 5.82 Å². The molecule has 2 aliphatic heterocycles. The SMILES string of the molecule is Fc1ccc2c(c1)-c1cc(-c3ccc(N(c4ccc(-c5ccccc5)cc4)c4ccc(-c5ccccc5)cc4)cc3)ccc1[Si]2(c1ccccc1)c1ccccc1.c1ccc(-c2ccc(N(c3ccc(-c4ccccc4)cc3)c3ccc(-c4ccc5c(c4)-c4cc(-c6ccccc6)ccc4[Si]5(c4ccccc4)c4ccccc4)cc3)cc2)cc1. The maximum absolute atomic E-state index is 15.2. The lowest BCUT2D eigenvalue weighted by Crippen LogP contribution is -2.72. The van der Waals surface area contributed by atoms with Gasteiger partial charge in [0.1, 0.15) is 5.82 Å². The number of hydrogen-bond acceptors (Lipinski definition) is 2. The minimum Gasteiger partial charge on any atom is -0.311 e. The molecule has 5 heteroatoms. The molecular weight excluding hydrogens is 1470 g/mol. The van der Waals surface area contributed by atoms with E-state index in [1.807, 2.05) is 18.2 Å². The fraction of sp³-hybridized carbons (Fsp3) is 0. The van der Waals surface area contributed by atoms with Crippen LogP contribution in [0.25, 0.3) is 100 Å². The number of rotatable bonds is 17. The standard InChI is InChI=1S/C60H43NSi.C54H38FNSi/c1-6-16-44(17-7-1)47-26-34-52(35-27-47)61(53-36-28-48(29-37-53)45-18-8-2-9-19-45)54-38-30-49(31-39-54)51-33-41-60-58(43-51)57-42-50(46-20-10-3-11-21-46)32-40-59(57)62(60,55-22-12-4-13-23-55)56-24-14-5-15-25-56;55-45-28-36-54-52(38-45)51-37-44(27-35-53(51)57(54,49-17-9-3-10-18-49)50-19-11-4-12-20-50)43-25-33-48(34-26-43)56(46-29-21-41(22-30-46)39-13-5-1-6-14-39)47-31-23-42(24-32-47)40-15-7-2-8-16-40/h1-43H;1-38H. The topological polar surface area (TPSA) is 6.48 Å². The van der Waals surface area contributed by atoms with Crippen molar-refractivity contribution in [3.63, 3.8) is 0 Å². The van der Waals surface area contributed by atoms with Crippen molar-refractivity contribution in [1.29, 1.82) is 0 Å². The van der Waals surface area contributed by atoms with Crippen LogP contribution in [0.2, 0.25) is 0 Å². The molecule has 0 atom stereocenters. The Kier molecular flexibility index (Phi) is 19.7. The monoisotopic (exact) mass is 1550 g/mol. The molecule has 0 N–H and O–H groups in total. The first-order valence-electron chi connectivity index (χ1n) is 40.9. The molecule has 119 heavy (non-hydrogen) atoms. The predicted molar refractivity (Wildman–Crippen MR) is 505 cm³/mol. The van der Waals surface area contributed by atoms with Crippen LogP contribution in [-0.2, 0) is 0 Å². The highest BCUT2D eigenvalue weighted by atomic mass is 28.3. The van der Waals surface area contributed by atoms with Crippen molar-refractivity contribution in [3.05, 3.63) is 497 Å². The second kappa shape index (κ2) is 32.1. The van der Waals surface area contributed by atoms with E-state index in [1.54, 1.807) is 12.1 Å². The molecular formula is C114H81FN2Si2. The molecule has 0 saturated heterocycles. The van der Waals surface area contributed by atoms with Gasteiger partial charge >= 0.3 is 0 Å². The molecule has 19 aromatic rings. The van der Waals surface area contributed by atoms with Crippen LogP contribution in [0.15, 0.2) is 491 Å². The quantitative estimate of drug-likeness (QED) is 0.0839. The molecule has 562 valence electrons. The van der Waals surface area contributed by atoms with Gasteiger partial charge in [0.05, 0.1) is 0 Å². The first-order chi connectivity index (χ1) is 58.9. The van der Waals surface area contributed by atoms with Crippen molar-refractivity contribution in [2.24, 2.45) is 0 Å². The van der Waals surface area contributed by atoms with Crippen molar-refractivity contribution in [1.82, 2.24) is 0 Å². The van der Waals surface area contributed by atoms with Crippen LogP contribution in [0.1, 0.15) is 0 Å². The lowest BCUT2D eigenvalue weighted by molar-refractivity contribution is 0.629. The Labute approximate surface area is 698 Å². The van der Waals surface area contributed by atoms with E-state index in [4.69, 9.17) is 0 Å². The molecule has 0 unspecified atom stereocenters. The van der Waals surface area contributed by atoms with Crippen LogP contribution >= 0.6 is 0 Å². The van der Waals surface area contributed by atoms with Crippen LogP contribution in [0.4, 0.5) is 38.5 Å². The summed E-state index contributed by atoms with van der Waals surface area (Å²) >= 11 is 0. The molecule has 19 aromatic carbocycles. The van der Waals surface area contributed by atoms with E-state index in [2.05, 4.69) is 471 Å². The molecule has 0 radical (unpaired) electrons. The highest BCUT2D eigenvalue weighted by Crippen LogP contribution is 2.43. The molecule has 2 nitrogen and oxygen atoms in total. The number of anilines is 6. The predicted octanol–water partition coefficient (Wildman–Crippen LogP) is 24.8. The number of hydrogen-bond donors (Lipinski definition) is 0. The van der Waals surface area contributed by atoms with Gasteiger partial charge in [-0.25, -0.2) is 4.39 Å². The van der Waals surface area contributed by atoms with Crippen molar-refractivity contribution in [2.45, 2.75) is 0 Å². The second-order valence-electron chi connectivity index (χ2n) is 30.7. The summed E-state index contributed by atoms with van der Waals surface area (Å²) in [5, 5.41) is 10.8. The van der Waals surface area contributed by atoms with E-state index in [0.717, 1.165) is 56.4 Å². The zero-order valence-corrected chi connectivity index (χ0v) is 67.5. The van der Waals surface area contributed by atoms with Crippen molar-refractivity contribution in [3.8, 4) is 100 Å². The molecule has 0 saturated carbocycles. The lowest BCUT2D eigenvalue weighted by Gasteiger charge is -2.31. The van der Waals surface area contributed by atoms with Gasteiger partial charge in [-0.15, -0.1) is 0 Å². The molecule has 2 aliphatic rings. The Morgan fingerprint density at radius 2 is 0.303 bits per heavy atom. The van der Waals surface area contributed by atoms with E-state index in [1.165, 1.54) is 119 Å². The Morgan fingerprint density at radius 1 is 0.143 bits per heavy atom. The third-order valence-corrected chi connectivity index (χ3v) is 33.8. The minimum absolute atomic E-state index is 0.214. The number of fused-ring (bicyclic) bond motifs is 6. The maximum atomic E-state index is 15.2. The van der Waals surface area contributed by atoms with Crippen molar-refractivity contribution >= 4 is 91.8 Å². The van der Waals surface area contributed by atoms with E-state index in [0.29, 0.717) is 0 Å². The maximum Gasteiger partial charge on any atom is 0.180 e. The summed E-state index contributed by atoms with van der Waals surface area (Å²) in [4.78, 5) is 4.67. The Bertz CT molecular complexity index is 6500. The molecule has 0 aromatic heterocycles. The molecule has 2 heterocycles. The van der Waals surface area contributed by atoms with Crippen LogP contribution < -0.4 is 51.3 Å². The molecule has 21 rings (SSSR count). The third kappa shape index (κ3) is 13.7. The number of halogens is 1. The van der Waals surface area contributed by atoms with Gasteiger partial charge in [-0.05, 0) is 245 Å². The van der Waals surface area contributed by atoms with E-state index in [-0.39, 0.29) is 5.82 Å². The van der Waals surface area contributed by atoms with Gasteiger partial charge in [-0.3, -0.25) is 0 Å². The van der Waals surface area contributed by atoms with Gasteiger partial charge in [-0.2, -0.15) is 0 Å². The van der Waals surface area contributed by atoms with Gasteiger partial charge in [0.15, 0.2) is 16.1 Å². The van der Waals surface area contributed by atoms with Crippen molar-refractivity contribution < 1.29 is 4.39 Å². The highest BCUT2D eigenvalue weighted by Gasteiger charge is 2.50. The zero-order chi connectivity index (χ0) is 79.5. The van der Waals surface area contributed by atoms with Crippen molar-refractivity contribution in [2.75, 3.05) is 9.80 Å². The summed E-state index contributed by atoms with van der Waals surface area (Å²) < 4.78 is 15.2. The van der Waals surface area contributed by atoms with Gasteiger partial charge in [0.25, 0.3) is 0 Å². The zero-order valence-electron chi connectivity index (χ0n) is 65.5. The lowest BCUT2D eigenvalue weighted by atomic mass is 9.96. The molecule has 0 bridgehead atoms. The van der Waals surface area contributed by atoms with Crippen LogP contribution in [-0.4, -0.2) is 16.1 Å². The first-order valence-corrected chi connectivity index (χ1v) is 44.9. The fourth-order valence-electron chi connectivity index (χ4n) is 18.4. The van der Waals surface area contributed by atoms with E-state index >= 15 is 4.39 Å². The summed E-state index contributed by atoms with van der Waals surface area (Å²) in [6.45, 7) is 0. The Hall–Kier alpha value is -14.9. The Balaban J connectivity index is 0.000000153. The summed E-state index contributed by atoms with van der Waals surface area (Å²) in [7, 11) is -5.33. The summed E-state index contributed by atoms with van der Waals surface area (Å²) in [6, 6.07) is 177. The molecule has 0 spiro atoms. The average molecular weight is 1550 g/mol. The highest BCUT2D eigenvalue weighted by molar-refractivity contribution is 7.23. The van der Waals surface area contributed by atoms with Crippen LogP contribution in [0.3, 0.4) is 0 Å². The molecule has 0 fully saturated rings. The van der Waals surface area contributed by atoms with Gasteiger partial charge in [-0.1, -0.05) is 388 Å². The van der Waals surface area contributed by atoms with Gasteiger partial charge in [0, 0.05) is 34.1 Å². The minimum atomic E-state index is -2.70.